The van der Waals surface area contributed by atoms with E-state index in [4.69, 9.17) is 0 Å². The Morgan fingerprint density at radius 1 is 1.35 bits per heavy atom. The average Bonchev–Trinajstić information content (AvgIpc) is 2.37. The lowest BCUT2D eigenvalue weighted by Crippen LogP contribution is -2.38. The van der Waals surface area contributed by atoms with E-state index in [9.17, 15) is 18.0 Å². The van der Waals surface area contributed by atoms with Gasteiger partial charge in [-0.2, -0.15) is 13.2 Å². The summed E-state index contributed by atoms with van der Waals surface area (Å²) in [6, 6.07) is 4.38. The molecule has 1 N–H and O–H groups in total. The van der Waals surface area contributed by atoms with Crippen LogP contribution in [0.4, 0.5) is 13.2 Å². The maximum Gasteiger partial charge on any atom is 0.416 e. The van der Waals surface area contributed by atoms with Crippen molar-refractivity contribution in [3.63, 3.8) is 0 Å². The normalized spacial score (nSPS) is 13.3. The third-order valence-corrected chi connectivity index (χ3v) is 3.45. The average molecular weight is 352 g/mol. The molecule has 0 radical (unpaired) electrons. The molecule has 0 bridgehead atoms. The number of hydrogen-bond donors (Lipinski definition) is 1. The van der Waals surface area contributed by atoms with Crippen LogP contribution in [0.25, 0.3) is 0 Å². The van der Waals surface area contributed by atoms with Crippen LogP contribution in [0.3, 0.4) is 0 Å². The first-order valence-electron chi connectivity index (χ1n) is 6.29. The second-order valence-electron chi connectivity index (χ2n) is 4.88. The molecule has 0 saturated carbocycles. The summed E-state index contributed by atoms with van der Waals surface area (Å²) < 4.78 is 37.8. The van der Waals surface area contributed by atoms with E-state index in [2.05, 4.69) is 21.2 Å². The summed E-state index contributed by atoms with van der Waals surface area (Å²) in [5.41, 5.74) is -0.785. The molecule has 112 valence electrons. The summed E-state index contributed by atoms with van der Waals surface area (Å²) in [6.45, 7) is 3.92. The van der Waals surface area contributed by atoms with E-state index in [0.717, 1.165) is 23.9 Å². The molecule has 0 heterocycles. The van der Waals surface area contributed by atoms with Crippen molar-refractivity contribution < 1.29 is 18.0 Å². The smallest absolute Gasteiger partial charge is 0.349 e. The molecule has 0 aliphatic heterocycles. The Kier molecular flexibility index (Phi) is 6.05. The fourth-order valence-electron chi connectivity index (χ4n) is 1.78. The Hall–Kier alpha value is -1.04. The zero-order valence-electron chi connectivity index (χ0n) is 11.3. The zero-order valence-corrected chi connectivity index (χ0v) is 12.9. The molecule has 0 aliphatic carbocycles. The van der Waals surface area contributed by atoms with E-state index in [-0.39, 0.29) is 17.5 Å². The van der Waals surface area contributed by atoms with Crippen LogP contribution in [-0.2, 0) is 6.18 Å². The second-order valence-corrected chi connectivity index (χ2v) is 5.67. The van der Waals surface area contributed by atoms with Crippen molar-refractivity contribution >= 4 is 21.8 Å². The quantitative estimate of drug-likeness (QED) is 0.789. The van der Waals surface area contributed by atoms with E-state index < -0.39 is 17.6 Å². The molecular formula is C14H17BrF3NO. The van der Waals surface area contributed by atoms with Gasteiger partial charge in [-0.3, -0.25) is 4.79 Å². The van der Waals surface area contributed by atoms with Crippen LogP contribution in [0.5, 0.6) is 0 Å². The molecule has 1 aromatic rings. The Morgan fingerprint density at radius 2 is 2.00 bits per heavy atom. The minimum atomic E-state index is -4.44. The molecule has 1 unspecified atom stereocenters. The predicted octanol–water partition coefficient (Wildman–Crippen LogP) is 4.24. The van der Waals surface area contributed by atoms with Gasteiger partial charge in [0.15, 0.2) is 0 Å². The highest BCUT2D eigenvalue weighted by atomic mass is 79.9. The standard InChI is InChI=1S/C14H17BrF3NO/c1-9(2)12(6-7-15)19-13(20)10-4-3-5-11(8-10)14(16,17)18/h3-5,8-9,12H,6-7H2,1-2H3,(H,19,20). The summed E-state index contributed by atoms with van der Waals surface area (Å²) in [4.78, 5) is 12.0. The summed E-state index contributed by atoms with van der Waals surface area (Å²) in [7, 11) is 0. The molecule has 0 spiro atoms. The van der Waals surface area contributed by atoms with E-state index in [0.29, 0.717) is 0 Å². The van der Waals surface area contributed by atoms with Gasteiger partial charge in [0.05, 0.1) is 5.56 Å². The van der Waals surface area contributed by atoms with Crippen molar-refractivity contribution in [2.45, 2.75) is 32.5 Å². The molecule has 0 fully saturated rings. The van der Waals surface area contributed by atoms with E-state index >= 15 is 0 Å². The molecule has 0 saturated heterocycles. The number of alkyl halides is 4. The topological polar surface area (TPSA) is 29.1 Å². The molecule has 1 rings (SSSR count). The molecular weight excluding hydrogens is 335 g/mol. The first-order valence-corrected chi connectivity index (χ1v) is 7.42. The van der Waals surface area contributed by atoms with Gasteiger partial charge in [0.1, 0.15) is 0 Å². The van der Waals surface area contributed by atoms with Crippen molar-refractivity contribution in [3.05, 3.63) is 35.4 Å². The van der Waals surface area contributed by atoms with Crippen LogP contribution in [0.15, 0.2) is 24.3 Å². The highest BCUT2D eigenvalue weighted by molar-refractivity contribution is 9.09. The molecule has 6 heteroatoms. The fraction of sp³-hybridized carbons (Fsp3) is 0.500. The predicted molar refractivity (Wildman–Crippen MR) is 75.9 cm³/mol. The number of nitrogens with one attached hydrogen (secondary N) is 1. The second kappa shape index (κ2) is 7.11. The van der Waals surface area contributed by atoms with Gasteiger partial charge < -0.3 is 5.32 Å². The molecule has 1 amide bonds. The number of halogens is 4. The van der Waals surface area contributed by atoms with Crippen molar-refractivity contribution in [2.75, 3.05) is 5.33 Å². The summed E-state index contributed by atoms with van der Waals surface area (Å²) in [5, 5.41) is 3.50. The molecule has 0 aromatic heterocycles. The van der Waals surface area contributed by atoms with Gasteiger partial charge in [-0.25, -0.2) is 0 Å². The molecule has 0 aliphatic rings. The molecule has 1 atom stereocenters. The lowest BCUT2D eigenvalue weighted by Gasteiger charge is -2.21. The first-order chi connectivity index (χ1) is 9.25. The van der Waals surface area contributed by atoms with Crippen LogP contribution in [0, 0.1) is 5.92 Å². The minimum absolute atomic E-state index is 0.0278. The largest absolute Gasteiger partial charge is 0.416 e. The first kappa shape index (κ1) is 17.0. The van der Waals surface area contributed by atoms with Gasteiger partial charge in [-0.05, 0) is 30.5 Å². The fourth-order valence-corrected chi connectivity index (χ4v) is 2.27. The Morgan fingerprint density at radius 3 is 2.50 bits per heavy atom. The number of amides is 1. The Balaban J connectivity index is 2.87. The summed E-state index contributed by atoms with van der Waals surface area (Å²) in [6.07, 6.45) is -3.72. The zero-order chi connectivity index (χ0) is 15.3. The SMILES string of the molecule is CC(C)C(CCBr)NC(=O)c1cccc(C(F)(F)F)c1. The minimum Gasteiger partial charge on any atom is -0.349 e. The van der Waals surface area contributed by atoms with Crippen molar-refractivity contribution in [1.82, 2.24) is 5.32 Å². The lowest BCUT2D eigenvalue weighted by molar-refractivity contribution is -0.137. The van der Waals surface area contributed by atoms with Crippen LogP contribution in [0.1, 0.15) is 36.2 Å². The van der Waals surface area contributed by atoms with Gasteiger partial charge in [0.2, 0.25) is 0 Å². The van der Waals surface area contributed by atoms with Crippen molar-refractivity contribution in [1.29, 1.82) is 0 Å². The van der Waals surface area contributed by atoms with Crippen molar-refractivity contribution in [2.24, 2.45) is 5.92 Å². The van der Waals surface area contributed by atoms with Crippen LogP contribution in [0.2, 0.25) is 0 Å². The van der Waals surface area contributed by atoms with Crippen LogP contribution < -0.4 is 5.32 Å². The number of benzene rings is 1. The van der Waals surface area contributed by atoms with Gasteiger partial charge >= 0.3 is 6.18 Å². The third kappa shape index (κ3) is 4.81. The van der Waals surface area contributed by atoms with Crippen LogP contribution >= 0.6 is 15.9 Å². The van der Waals surface area contributed by atoms with Crippen LogP contribution in [-0.4, -0.2) is 17.3 Å². The van der Waals surface area contributed by atoms with E-state index in [1.807, 2.05) is 13.8 Å². The Labute approximate surface area is 124 Å². The van der Waals surface area contributed by atoms with Gasteiger partial charge in [-0.1, -0.05) is 35.8 Å². The maximum absolute atomic E-state index is 12.6. The molecule has 20 heavy (non-hydrogen) atoms. The van der Waals surface area contributed by atoms with Crippen molar-refractivity contribution in [3.8, 4) is 0 Å². The molecule has 2 nitrogen and oxygen atoms in total. The number of rotatable bonds is 5. The molecule has 1 aromatic carbocycles. The maximum atomic E-state index is 12.6. The van der Waals surface area contributed by atoms with Gasteiger partial charge in [0, 0.05) is 16.9 Å². The van der Waals surface area contributed by atoms with E-state index in [1.54, 1.807) is 0 Å². The Bertz CT molecular complexity index is 460. The third-order valence-electron chi connectivity index (χ3n) is 2.99. The monoisotopic (exact) mass is 351 g/mol. The van der Waals surface area contributed by atoms with Gasteiger partial charge in [-0.15, -0.1) is 0 Å². The number of carbonyl (C=O) groups is 1. The summed E-state index contributed by atoms with van der Waals surface area (Å²) in [5.74, 6) is -0.266. The van der Waals surface area contributed by atoms with E-state index in [1.165, 1.54) is 12.1 Å². The summed E-state index contributed by atoms with van der Waals surface area (Å²) >= 11 is 3.30. The highest BCUT2D eigenvalue weighted by Crippen LogP contribution is 2.29. The highest BCUT2D eigenvalue weighted by Gasteiger charge is 2.31. The number of hydrogen-bond acceptors (Lipinski definition) is 1. The lowest BCUT2D eigenvalue weighted by atomic mass is 10.0. The van der Waals surface area contributed by atoms with Gasteiger partial charge in [0.25, 0.3) is 5.91 Å². The number of carbonyl (C=O) groups excluding carboxylic acids is 1.